The first-order valence-electron chi connectivity index (χ1n) is 7.16. The highest BCUT2D eigenvalue weighted by atomic mass is 19.1. The maximum atomic E-state index is 13.3. The van der Waals surface area contributed by atoms with E-state index in [1.807, 2.05) is 10.6 Å². The first-order valence-corrected chi connectivity index (χ1v) is 7.16. The van der Waals surface area contributed by atoms with E-state index >= 15 is 0 Å². The van der Waals surface area contributed by atoms with Crippen molar-refractivity contribution in [3.63, 3.8) is 0 Å². The molecule has 0 spiro atoms. The van der Waals surface area contributed by atoms with Gasteiger partial charge in [0.15, 0.2) is 0 Å². The summed E-state index contributed by atoms with van der Waals surface area (Å²) in [4.78, 5) is 0. The fourth-order valence-corrected chi connectivity index (χ4v) is 2.89. The molecular formula is C15H19FN4. The fourth-order valence-electron chi connectivity index (χ4n) is 2.89. The number of aryl methyl sites for hydroxylation is 2. The average Bonchev–Trinajstić information content (AvgIpc) is 2.92. The van der Waals surface area contributed by atoms with E-state index < -0.39 is 0 Å². The summed E-state index contributed by atoms with van der Waals surface area (Å²) in [5.41, 5.74) is 2.35. The minimum absolute atomic E-state index is 0.143. The van der Waals surface area contributed by atoms with Gasteiger partial charge in [0.1, 0.15) is 18.0 Å². The Kier molecular flexibility index (Phi) is 3.78. The van der Waals surface area contributed by atoms with Crippen molar-refractivity contribution in [1.82, 2.24) is 20.1 Å². The van der Waals surface area contributed by atoms with Gasteiger partial charge in [0.25, 0.3) is 0 Å². The molecule has 1 aromatic carbocycles. The van der Waals surface area contributed by atoms with Crippen LogP contribution >= 0.6 is 0 Å². The van der Waals surface area contributed by atoms with Gasteiger partial charge in [0, 0.05) is 12.6 Å². The molecule has 5 heteroatoms. The van der Waals surface area contributed by atoms with E-state index in [0.29, 0.717) is 6.54 Å². The number of rotatable bonds is 4. The van der Waals surface area contributed by atoms with Crippen LogP contribution in [0.4, 0.5) is 4.39 Å². The lowest BCUT2D eigenvalue weighted by Crippen LogP contribution is -2.26. The normalized spacial score (nSPS) is 18.0. The molecule has 0 amide bonds. The van der Waals surface area contributed by atoms with Crippen molar-refractivity contribution in [3.05, 3.63) is 47.3 Å². The van der Waals surface area contributed by atoms with Gasteiger partial charge in [-0.3, -0.25) is 0 Å². The number of benzene rings is 1. The molecule has 0 unspecified atom stereocenters. The molecule has 4 nitrogen and oxygen atoms in total. The molecule has 0 radical (unpaired) electrons. The first kappa shape index (κ1) is 13.2. The summed E-state index contributed by atoms with van der Waals surface area (Å²) in [7, 11) is 0. The van der Waals surface area contributed by atoms with Crippen molar-refractivity contribution in [3.8, 4) is 0 Å². The zero-order valence-electron chi connectivity index (χ0n) is 11.6. The first-order chi connectivity index (χ1) is 9.78. The Morgan fingerprint density at radius 2 is 2.35 bits per heavy atom. The van der Waals surface area contributed by atoms with Crippen molar-refractivity contribution in [1.29, 1.82) is 0 Å². The Labute approximate surface area is 118 Å². The molecule has 3 rings (SSSR count). The molecule has 106 valence electrons. The Hall–Kier alpha value is -1.75. The number of nitrogens with zero attached hydrogens (tertiary/aromatic N) is 3. The molecule has 0 fully saturated rings. The van der Waals surface area contributed by atoms with Crippen LogP contribution in [0, 0.1) is 5.82 Å². The summed E-state index contributed by atoms with van der Waals surface area (Å²) < 4.78 is 15.3. The Morgan fingerprint density at radius 3 is 3.20 bits per heavy atom. The third-order valence-corrected chi connectivity index (χ3v) is 3.96. The third kappa shape index (κ3) is 2.58. The van der Waals surface area contributed by atoms with E-state index in [0.717, 1.165) is 37.2 Å². The van der Waals surface area contributed by atoms with Crippen molar-refractivity contribution in [2.24, 2.45) is 0 Å². The standard InChI is InChI=1S/C15H19FN4/c1-2-20-10-18-19-15(20)9-17-14-5-3-4-11-8-12(16)6-7-13(11)14/h6-8,10,14,17H,2-5,9H2,1H3/t14-/m0/s1. The molecule has 1 aliphatic carbocycles. The smallest absolute Gasteiger partial charge is 0.146 e. The zero-order chi connectivity index (χ0) is 13.9. The maximum absolute atomic E-state index is 13.3. The number of hydrogen-bond acceptors (Lipinski definition) is 3. The second-order valence-electron chi connectivity index (χ2n) is 5.20. The lowest BCUT2D eigenvalue weighted by atomic mass is 9.87. The third-order valence-electron chi connectivity index (χ3n) is 3.96. The van der Waals surface area contributed by atoms with Crippen molar-refractivity contribution in [2.45, 2.75) is 45.3 Å². The number of aromatic nitrogens is 3. The van der Waals surface area contributed by atoms with Crippen LogP contribution in [0.25, 0.3) is 0 Å². The van der Waals surface area contributed by atoms with E-state index in [-0.39, 0.29) is 11.9 Å². The SMILES string of the molecule is CCn1cnnc1CN[C@H]1CCCc2cc(F)ccc21. The van der Waals surface area contributed by atoms with Gasteiger partial charge in [0.2, 0.25) is 0 Å². The zero-order valence-corrected chi connectivity index (χ0v) is 11.6. The molecule has 1 aliphatic rings. The fraction of sp³-hybridized carbons (Fsp3) is 0.467. The second-order valence-corrected chi connectivity index (χ2v) is 5.20. The molecule has 20 heavy (non-hydrogen) atoms. The van der Waals surface area contributed by atoms with Gasteiger partial charge in [-0.1, -0.05) is 6.07 Å². The summed E-state index contributed by atoms with van der Waals surface area (Å²) in [5.74, 6) is 0.803. The van der Waals surface area contributed by atoms with E-state index in [1.165, 1.54) is 5.56 Å². The van der Waals surface area contributed by atoms with Gasteiger partial charge in [-0.15, -0.1) is 10.2 Å². The quantitative estimate of drug-likeness (QED) is 0.932. The molecule has 1 atom stereocenters. The van der Waals surface area contributed by atoms with Crippen molar-refractivity contribution in [2.75, 3.05) is 0 Å². The molecule has 0 bridgehead atoms. The Morgan fingerprint density at radius 1 is 1.45 bits per heavy atom. The highest BCUT2D eigenvalue weighted by Crippen LogP contribution is 2.30. The maximum Gasteiger partial charge on any atom is 0.146 e. The lowest BCUT2D eigenvalue weighted by molar-refractivity contribution is 0.445. The van der Waals surface area contributed by atoms with Crippen LogP contribution in [0.5, 0.6) is 0 Å². The Balaban J connectivity index is 1.73. The summed E-state index contributed by atoms with van der Waals surface area (Å²) in [6.07, 6.45) is 4.89. The minimum Gasteiger partial charge on any atom is -0.317 e. The van der Waals surface area contributed by atoms with Crippen LogP contribution in [-0.4, -0.2) is 14.8 Å². The molecule has 2 aromatic rings. The second kappa shape index (κ2) is 5.71. The largest absolute Gasteiger partial charge is 0.317 e. The summed E-state index contributed by atoms with van der Waals surface area (Å²) in [6, 6.07) is 5.40. The van der Waals surface area contributed by atoms with Crippen molar-refractivity contribution >= 4 is 0 Å². The summed E-state index contributed by atoms with van der Waals surface area (Å²) in [5, 5.41) is 11.6. The van der Waals surface area contributed by atoms with E-state index in [2.05, 4.69) is 22.4 Å². The lowest BCUT2D eigenvalue weighted by Gasteiger charge is -2.26. The number of halogens is 1. The number of fused-ring (bicyclic) bond motifs is 1. The molecule has 0 saturated carbocycles. The van der Waals surface area contributed by atoms with E-state index in [4.69, 9.17) is 0 Å². The summed E-state index contributed by atoms with van der Waals surface area (Å²) >= 11 is 0. The van der Waals surface area contributed by atoms with Gasteiger partial charge < -0.3 is 9.88 Å². The van der Waals surface area contributed by atoms with Crippen molar-refractivity contribution < 1.29 is 4.39 Å². The van der Waals surface area contributed by atoms with Gasteiger partial charge >= 0.3 is 0 Å². The van der Waals surface area contributed by atoms with Crippen LogP contribution < -0.4 is 5.32 Å². The molecule has 1 aromatic heterocycles. The minimum atomic E-state index is -0.143. The van der Waals surface area contributed by atoms with E-state index in [9.17, 15) is 4.39 Å². The predicted molar refractivity (Wildman–Crippen MR) is 74.6 cm³/mol. The molecular weight excluding hydrogens is 255 g/mol. The highest BCUT2D eigenvalue weighted by Gasteiger charge is 2.20. The highest BCUT2D eigenvalue weighted by molar-refractivity contribution is 5.32. The van der Waals surface area contributed by atoms with Gasteiger partial charge in [-0.2, -0.15) is 0 Å². The predicted octanol–water partition coefficient (Wildman–Crippen LogP) is 2.60. The molecule has 0 aliphatic heterocycles. The van der Waals surface area contributed by atoms with Crippen LogP contribution in [0.3, 0.4) is 0 Å². The molecule has 0 saturated heterocycles. The van der Waals surface area contributed by atoms with Crippen LogP contribution in [0.1, 0.15) is 42.8 Å². The average molecular weight is 274 g/mol. The molecule has 1 N–H and O–H groups in total. The summed E-state index contributed by atoms with van der Waals surface area (Å²) in [6.45, 7) is 3.64. The number of nitrogens with one attached hydrogen (secondary N) is 1. The number of hydrogen-bond donors (Lipinski definition) is 1. The van der Waals surface area contributed by atoms with E-state index in [1.54, 1.807) is 18.5 Å². The van der Waals surface area contributed by atoms with Gasteiger partial charge in [-0.05, 0) is 49.4 Å². The Bertz CT molecular complexity index is 593. The molecule has 1 heterocycles. The van der Waals surface area contributed by atoms with Gasteiger partial charge in [-0.25, -0.2) is 4.39 Å². The van der Waals surface area contributed by atoms with Gasteiger partial charge in [0.05, 0.1) is 6.54 Å². The van der Waals surface area contributed by atoms with Crippen LogP contribution in [0.2, 0.25) is 0 Å². The topological polar surface area (TPSA) is 42.7 Å². The monoisotopic (exact) mass is 274 g/mol. The van der Waals surface area contributed by atoms with Crippen LogP contribution in [0.15, 0.2) is 24.5 Å². The van der Waals surface area contributed by atoms with Crippen LogP contribution in [-0.2, 0) is 19.5 Å².